The van der Waals surface area contributed by atoms with Crippen molar-refractivity contribution in [1.82, 2.24) is 4.90 Å². The lowest BCUT2D eigenvalue weighted by Gasteiger charge is -2.24. The number of carbonyl (C=O) groups is 3. The van der Waals surface area contributed by atoms with E-state index in [0.717, 1.165) is 5.56 Å². The molecule has 0 aromatic heterocycles. The van der Waals surface area contributed by atoms with Gasteiger partial charge in [-0.25, -0.2) is 0 Å². The van der Waals surface area contributed by atoms with E-state index in [1.807, 2.05) is 30.3 Å². The molecule has 0 unspecified atom stereocenters. The Morgan fingerprint density at radius 2 is 1.68 bits per heavy atom. The Labute approximate surface area is 149 Å². The Bertz CT molecular complexity index is 643. The van der Waals surface area contributed by atoms with E-state index in [-0.39, 0.29) is 31.4 Å². The molecule has 1 rings (SSSR count). The monoisotopic (exact) mass is 345 g/mol. The normalized spacial score (nSPS) is 10.3. The van der Waals surface area contributed by atoms with Gasteiger partial charge in [-0.15, -0.1) is 0 Å². The number of carbonyl (C=O) groups excluding carboxylic acids is 3. The van der Waals surface area contributed by atoms with Crippen LogP contribution < -0.4 is 0 Å². The second-order valence-electron chi connectivity index (χ2n) is 6.33. The lowest BCUT2D eigenvalue weighted by atomic mass is 10.0. The summed E-state index contributed by atoms with van der Waals surface area (Å²) < 4.78 is 4.95. The Hall–Kier alpha value is -2.43. The lowest BCUT2D eigenvalue weighted by Crippen LogP contribution is -2.40. The zero-order chi connectivity index (χ0) is 19.0. The van der Waals surface area contributed by atoms with Gasteiger partial charge in [0, 0.05) is 11.5 Å². The SMILES string of the molecule is CCOC(=O)CC(C(=O)N(Cc1ccccc1)C(=O)C(C)C)=C(C)C. The first-order valence-electron chi connectivity index (χ1n) is 8.49. The first kappa shape index (κ1) is 20.6. The van der Waals surface area contributed by atoms with Crippen LogP contribution in [0, 0.1) is 5.92 Å². The smallest absolute Gasteiger partial charge is 0.310 e. The fourth-order valence-electron chi connectivity index (χ4n) is 2.31. The molecule has 0 aliphatic carbocycles. The molecule has 0 radical (unpaired) electrons. The van der Waals surface area contributed by atoms with Crippen molar-refractivity contribution < 1.29 is 19.1 Å². The van der Waals surface area contributed by atoms with Gasteiger partial charge in [-0.2, -0.15) is 0 Å². The van der Waals surface area contributed by atoms with E-state index in [9.17, 15) is 14.4 Å². The Morgan fingerprint density at radius 1 is 1.08 bits per heavy atom. The predicted octanol–water partition coefficient (Wildman–Crippen LogP) is 3.49. The van der Waals surface area contributed by atoms with Crippen molar-refractivity contribution in [3.05, 3.63) is 47.0 Å². The lowest BCUT2D eigenvalue weighted by molar-refractivity contribution is -0.148. The van der Waals surface area contributed by atoms with Gasteiger partial charge in [-0.05, 0) is 26.3 Å². The van der Waals surface area contributed by atoms with E-state index < -0.39 is 11.9 Å². The minimum Gasteiger partial charge on any atom is -0.466 e. The summed E-state index contributed by atoms with van der Waals surface area (Å²) in [7, 11) is 0. The van der Waals surface area contributed by atoms with Crippen LogP contribution in [0.25, 0.3) is 0 Å². The van der Waals surface area contributed by atoms with E-state index in [2.05, 4.69) is 0 Å². The highest BCUT2D eigenvalue weighted by atomic mass is 16.5. The number of amides is 2. The number of allylic oxidation sites excluding steroid dienone is 1. The van der Waals surface area contributed by atoms with Gasteiger partial charge in [-0.3, -0.25) is 19.3 Å². The molecule has 0 fully saturated rings. The first-order chi connectivity index (χ1) is 11.8. The van der Waals surface area contributed by atoms with Gasteiger partial charge in [0.1, 0.15) is 0 Å². The molecular weight excluding hydrogens is 318 g/mol. The van der Waals surface area contributed by atoms with Crippen LogP contribution in [0.4, 0.5) is 0 Å². The maximum atomic E-state index is 13.0. The largest absolute Gasteiger partial charge is 0.466 e. The third-order valence-corrected chi connectivity index (χ3v) is 3.68. The van der Waals surface area contributed by atoms with E-state index in [1.54, 1.807) is 34.6 Å². The van der Waals surface area contributed by atoms with Gasteiger partial charge in [0.25, 0.3) is 5.91 Å². The van der Waals surface area contributed by atoms with Gasteiger partial charge in [0.05, 0.1) is 19.6 Å². The summed E-state index contributed by atoms with van der Waals surface area (Å²) in [5.41, 5.74) is 1.87. The number of benzene rings is 1. The number of imide groups is 1. The summed E-state index contributed by atoms with van der Waals surface area (Å²) in [6.07, 6.45) is -0.133. The maximum absolute atomic E-state index is 13.0. The maximum Gasteiger partial charge on any atom is 0.310 e. The molecule has 0 heterocycles. The third-order valence-electron chi connectivity index (χ3n) is 3.68. The highest BCUT2D eigenvalue weighted by molar-refractivity contribution is 6.07. The van der Waals surface area contributed by atoms with Crippen LogP contribution in [0.2, 0.25) is 0 Å². The minimum atomic E-state index is -0.469. The summed E-state index contributed by atoms with van der Waals surface area (Å²) in [4.78, 5) is 38.7. The van der Waals surface area contributed by atoms with Crippen molar-refractivity contribution in [1.29, 1.82) is 0 Å². The minimum absolute atomic E-state index is 0.133. The Kier molecular flexibility index (Phi) is 8.05. The highest BCUT2D eigenvalue weighted by Crippen LogP contribution is 2.18. The van der Waals surface area contributed by atoms with E-state index >= 15 is 0 Å². The summed E-state index contributed by atoms with van der Waals surface area (Å²) in [5.74, 6) is -1.50. The molecule has 0 aliphatic rings. The molecule has 136 valence electrons. The van der Waals surface area contributed by atoms with Crippen LogP contribution in [-0.4, -0.2) is 29.3 Å². The van der Waals surface area contributed by atoms with Crippen molar-refractivity contribution in [2.45, 2.75) is 47.6 Å². The Balaban J connectivity index is 3.14. The highest BCUT2D eigenvalue weighted by Gasteiger charge is 2.28. The summed E-state index contributed by atoms with van der Waals surface area (Å²) >= 11 is 0. The van der Waals surface area contributed by atoms with Gasteiger partial charge in [0.15, 0.2) is 0 Å². The third kappa shape index (κ3) is 6.18. The quantitative estimate of drug-likeness (QED) is 0.560. The molecule has 0 bridgehead atoms. The van der Waals surface area contributed by atoms with Crippen LogP contribution >= 0.6 is 0 Å². The van der Waals surface area contributed by atoms with Crippen LogP contribution in [-0.2, 0) is 25.7 Å². The molecule has 1 aromatic carbocycles. The fourth-order valence-corrected chi connectivity index (χ4v) is 2.31. The van der Waals surface area contributed by atoms with Crippen molar-refractivity contribution in [2.75, 3.05) is 6.61 Å². The Morgan fingerprint density at radius 3 is 2.16 bits per heavy atom. The van der Waals surface area contributed by atoms with Gasteiger partial charge in [0.2, 0.25) is 5.91 Å². The van der Waals surface area contributed by atoms with E-state index in [4.69, 9.17) is 4.74 Å². The first-order valence-corrected chi connectivity index (χ1v) is 8.49. The summed E-state index contributed by atoms with van der Waals surface area (Å²) in [6.45, 7) is 9.16. The van der Waals surface area contributed by atoms with Crippen molar-refractivity contribution >= 4 is 17.8 Å². The number of hydrogen-bond donors (Lipinski definition) is 0. The molecule has 1 aromatic rings. The van der Waals surface area contributed by atoms with Crippen molar-refractivity contribution in [2.24, 2.45) is 5.92 Å². The fraction of sp³-hybridized carbons (Fsp3) is 0.450. The molecule has 0 saturated heterocycles. The zero-order valence-electron chi connectivity index (χ0n) is 15.7. The van der Waals surface area contributed by atoms with Crippen LogP contribution in [0.1, 0.15) is 46.6 Å². The van der Waals surface area contributed by atoms with Crippen LogP contribution in [0.3, 0.4) is 0 Å². The van der Waals surface area contributed by atoms with Gasteiger partial charge >= 0.3 is 5.97 Å². The molecule has 5 heteroatoms. The standard InChI is InChI=1S/C20H27NO4/c1-6-25-18(22)12-17(14(2)3)20(24)21(19(23)15(4)5)13-16-10-8-7-9-11-16/h7-11,15H,6,12-13H2,1-5H3. The number of hydrogen-bond acceptors (Lipinski definition) is 4. The summed E-state index contributed by atoms with van der Waals surface area (Å²) in [5, 5.41) is 0. The van der Waals surface area contributed by atoms with E-state index in [1.165, 1.54) is 4.90 Å². The number of ether oxygens (including phenoxy) is 1. The molecule has 25 heavy (non-hydrogen) atoms. The molecule has 5 nitrogen and oxygen atoms in total. The van der Waals surface area contributed by atoms with Crippen molar-refractivity contribution in [3.8, 4) is 0 Å². The molecule has 0 N–H and O–H groups in total. The molecule has 0 saturated carbocycles. The van der Waals surface area contributed by atoms with Gasteiger partial charge in [-0.1, -0.05) is 49.8 Å². The molecular formula is C20H27NO4. The predicted molar refractivity (Wildman–Crippen MR) is 96.5 cm³/mol. The number of rotatable bonds is 7. The molecule has 0 aliphatic heterocycles. The van der Waals surface area contributed by atoms with Gasteiger partial charge < -0.3 is 4.74 Å². The molecule has 0 spiro atoms. The number of esters is 1. The second kappa shape index (κ2) is 9.77. The molecule has 2 amide bonds. The van der Waals surface area contributed by atoms with Crippen LogP contribution in [0.15, 0.2) is 41.5 Å². The zero-order valence-corrected chi connectivity index (χ0v) is 15.7. The second-order valence-corrected chi connectivity index (χ2v) is 6.33. The van der Waals surface area contributed by atoms with Crippen LogP contribution in [0.5, 0.6) is 0 Å². The number of nitrogens with zero attached hydrogens (tertiary/aromatic N) is 1. The average Bonchev–Trinajstić information content (AvgIpc) is 2.57. The summed E-state index contributed by atoms with van der Waals surface area (Å²) in [6, 6.07) is 9.32. The molecule has 0 atom stereocenters. The topological polar surface area (TPSA) is 63.7 Å². The average molecular weight is 345 g/mol. The van der Waals surface area contributed by atoms with E-state index in [0.29, 0.717) is 11.1 Å². The van der Waals surface area contributed by atoms with Crippen molar-refractivity contribution in [3.63, 3.8) is 0 Å².